The van der Waals surface area contributed by atoms with Crippen molar-refractivity contribution in [3.63, 3.8) is 0 Å². The maximum Gasteiger partial charge on any atom is 0.417 e. The van der Waals surface area contributed by atoms with Gasteiger partial charge in [0.2, 0.25) is 0 Å². The third-order valence-electron chi connectivity index (χ3n) is 3.73. The Hall–Kier alpha value is -3.42. The molecule has 0 amide bonds. The van der Waals surface area contributed by atoms with Gasteiger partial charge < -0.3 is 4.74 Å². The molecule has 0 saturated carbocycles. The van der Waals surface area contributed by atoms with Crippen molar-refractivity contribution in [2.75, 3.05) is 5.43 Å². The number of pyridine rings is 1. The summed E-state index contributed by atoms with van der Waals surface area (Å²) >= 11 is 0. The maximum absolute atomic E-state index is 13.7. The third kappa shape index (κ3) is 5.06. The SMILES string of the molecule is Fc1ccccc1COc1ccccc1/C=N\Nc1ccc(C(F)(F)F)cn1. The molecule has 0 atom stereocenters. The Morgan fingerprint density at radius 2 is 1.75 bits per heavy atom. The number of anilines is 1. The van der Waals surface area contributed by atoms with Crippen molar-refractivity contribution in [1.82, 2.24) is 4.98 Å². The van der Waals surface area contributed by atoms with Gasteiger partial charge in [0.15, 0.2) is 0 Å². The normalized spacial score (nSPS) is 11.6. The lowest BCUT2D eigenvalue weighted by Crippen LogP contribution is -2.05. The minimum absolute atomic E-state index is 0.0470. The third-order valence-corrected chi connectivity index (χ3v) is 3.73. The highest BCUT2D eigenvalue weighted by atomic mass is 19.4. The summed E-state index contributed by atoms with van der Waals surface area (Å²) in [4.78, 5) is 3.67. The molecule has 0 radical (unpaired) electrons. The fraction of sp³-hybridized carbons (Fsp3) is 0.100. The molecule has 4 nitrogen and oxygen atoms in total. The molecule has 0 aliphatic rings. The predicted octanol–water partition coefficient (Wildman–Crippen LogP) is 5.26. The van der Waals surface area contributed by atoms with Gasteiger partial charge in [0.25, 0.3) is 0 Å². The van der Waals surface area contributed by atoms with Crippen molar-refractivity contribution in [1.29, 1.82) is 0 Å². The van der Waals surface area contributed by atoms with E-state index in [1.54, 1.807) is 42.5 Å². The van der Waals surface area contributed by atoms with Gasteiger partial charge in [-0.25, -0.2) is 9.37 Å². The summed E-state index contributed by atoms with van der Waals surface area (Å²) in [5.74, 6) is 0.286. The maximum atomic E-state index is 13.7. The van der Waals surface area contributed by atoms with Crippen LogP contribution in [0.5, 0.6) is 5.75 Å². The quantitative estimate of drug-likeness (QED) is 0.355. The second kappa shape index (κ2) is 8.51. The number of hydrogen-bond acceptors (Lipinski definition) is 4. The van der Waals surface area contributed by atoms with Crippen LogP contribution in [0.4, 0.5) is 23.4 Å². The fourth-order valence-electron chi connectivity index (χ4n) is 2.29. The highest BCUT2D eigenvalue weighted by molar-refractivity contribution is 5.83. The van der Waals surface area contributed by atoms with Gasteiger partial charge in [0.1, 0.15) is 24.0 Å². The van der Waals surface area contributed by atoms with E-state index < -0.39 is 11.7 Å². The minimum atomic E-state index is -4.44. The summed E-state index contributed by atoms with van der Waals surface area (Å²) in [5, 5.41) is 3.96. The molecule has 0 unspecified atom stereocenters. The average Bonchev–Trinajstić information content (AvgIpc) is 2.68. The van der Waals surface area contributed by atoms with Crippen molar-refractivity contribution in [3.8, 4) is 5.75 Å². The molecule has 1 heterocycles. The number of nitrogens with zero attached hydrogens (tertiary/aromatic N) is 2. The lowest BCUT2D eigenvalue weighted by molar-refractivity contribution is -0.137. The topological polar surface area (TPSA) is 46.5 Å². The summed E-state index contributed by atoms with van der Waals surface area (Å²) < 4.78 is 56.9. The average molecular weight is 389 g/mol. The van der Waals surface area contributed by atoms with Crippen LogP contribution in [-0.4, -0.2) is 11.2 Å². The summed E-state index contributed by atoms with van der Waals surface area (Å²) in [7, 11) is 0. The molecule has 3 aromatic rings. The Balaban J connectivity index is 1.65. The van der Waals surface area contributed by atoms with Crippen molar-refractivity contribution < 1.29 is 22.3 Å². The number of para-hydroxylation sites is 1. The van der Waals surface area contributed by atoms with Crippen LogP contribution >= 0.6 is 0 Å². The van der Waals surface area contributed by atoms with E-state index in [-0.39, 0.29) is 18.2 Å². The summed E-state index contributed by atoms with van der Waals surface area (Å²) in [6.07, 6.45) is -2.28. The first-order valence-electron chi connectivity index (χ1n) is 8.21. The molecule has 0 spiro atoms. The first-order valence-corrected chi connectivity index (χ1v) is 8.21. The molecule has 144 valence electrons. The summed E-state index contributed by atoms with van der Waals surface area (Å²) in [5.41, 5.74) is 2.75. The number of ether oxygens (including phenoxy) is 1. The monoisotopic (exact) mass is 389 g/mol. The molecule has 0 aliphatic heterocycles. The Labute approximate surface area is 158 Å². The van der Waals surface area contributed by atoms with Crippen LogP contribution in [-0.2, 0) is 12.8 Å². The predicted molar refractivity (Wildman–Crippen MR) is 97.6 cm³/mol. The van der Waals surface area contributed by atoms with Gasteiger partial charge in [0, 0.05) is 17.3 Å². The van der Waals surface area contributed by atoms with E-state index in [1.807, 2.05) is 0 Å². The molecule has 8 heteroatoms. The van der Waals surface area contributed by atoms with Gasteiger partial charge in [-0.2, -0.15) is 18.3 Å². The molecule has 1 aromatic heterocycles. The first-order chi connectivity index (χ1) is 13.4. The van der Waals surface area contributed by atoms with Crippen LogP contribution in [0.15, 0.2) is 72.0 Å². The number of alkyl halides is 3. The van der Waals surface area contributed by atoms with Gasteiger partial charge in [-0.3, -0.25) is 5.43 Å². The minimum Gasteiger partial charge on any atom is -0.488 e. The molecule has 0 saturated heterocycles. The van der Waals surface area contributed by atoms with E-state index in [2.05, 4.69) is 15.5 Å². The number of aromatic nitrogens is 1. The molecule has 3 rings (SSSR count). The van der Waals surface area contributed by atoms with E-state index in [1.165, 1.54) is 18.3 Å². The molecular weight excluding hydrogens is 374 g/mol. The van der Waals surface area contributed by atoms with Gasteiger partial charge in [-0.05, 0) is 30.3 Å². The van der Waals surface area contributed by atoms with Crippen molar-refractivity contribution in [2.24, 2.45) is 5.10 Å². The number of hydrogen-bond donors (Lipinski definition) is 1. The lowest BCUT2D eigenvalue weighted by Gasteiger charge is -2.09. The van der Waals surface area contributed by atoms with Crippen molar-refractivity contribution in [2.45, 2.75) is 12.8 Å². The van der Waals surface area contributed by atoms with Crippen molar-refractivity contribution in [3.05, 3.63) is 89.4 Å². The molecule has 1 N–H and O–H groups in total. The van der Waals surface area contributed by atoms with Gasteiger partial charge in [-0.1, -0.05) is 30.3 Å². The second-order valence-corrected chi connectivity index (χ2v) is 5.72. The molecule has 0 aliphatic carbocycles. The standard InChI is InChI=1S/C20H15F4N3O/c21-17-7-3-1-6-15(17)13-28-18-8-4-2-5-14(18)11-26-27-19-10-9-16(12-25-19)20(22,23)24/h1-12H,13H2,(H,25,27)/b26-11-. The van der Waals surface area contributed by atoms with Crippen molar-refractivity contribution >= 4 is 12.0 Å². The highest BCUT2D eigenvalue weighted by Crippen LogP contribution is 2.28. The van der Waals surface area contributed by atoms with Gasteiger partial charge >= 0.3 is 6.18 Å². The van der Waals surface area contributed by atoms with Crippen LogP contribution in [0.1, 0.15) is 16.7 Å². The smallest absolute Gasteiger partial charge is 0.417 e. The van der Waals surface area contributed by atoms with E-state index in [0.717, 1.165) is 12.3 Å². The largest absolute Gasteiger partial charge is 0.488 e. The first kappa shape index (κ1) is 19.3. The van der Waals surface area contributed by atoms with E-state index in [9.17, 15) is 17.6 Å². The zero-order valence-electron chi connectivity index (χ0n) is 14.4. The van der Waals surface area contributed by atoms with E-state index in [0.29, 0.717) is 16.9 Å². The van der Waals surface area contributed by atoms with Gasteiger partial charge in [0.05, 0.1) is 11.8 Å². The molecule has 2 aromatic carbocycles. The van der Waals surface area contributed by atoms with Gasteiger partial charge in [-0.15, -0.1) is 0 Å². The number of rotatable bonds is 6. The summed E-state index contributed by atoms with van der Waals surface area (Å²) in [6.45, 7) is 0.0470. The zero-order chi connectivity index (χ0) is 20.0. The summed E-state index contributed by atoms with van der Waals surface area (Å²) in [6, 6.07) is 15.4. The highest BCUT2D eigenvalue weighted by Gasteiger charge is 2.30. The zero-order valence-corrected chi connectivity index (χ0v) is 14.4. The van der Waals surface area contributed by atoms with Crippen LogP contribution in [0.3, 0.4) is 0 Å². The molecular formula is C20H15F4N3O. The van der Waals surface area contributed by atoms with Crippen LogP contribution in [0.25, 0.3) is 0 Å². The molecule has 0 bridgehead atoms. The van der Waals surface area contributed by atoms with Crippen LogP contribution < -0.4 is 10.2 Å². The second-order valence-electron chi connectivity index (χ2n) is 5.72. The van der Waals surface area contributed by atoms with Crippen LogP contribution in [0, 0.1) is 5.82 Å². The molecule has 0 fully saturated rings. The number of halogens is 4. The number of nitrogens with one attached hydrogen (secondary N) is 1. The number of hydrazone groups is 1. The molecule has 28 heavy (non-hydrogen) atoms. The fourth-order valence-corrected chi connectivity index (χ4v) is 2.29. The van der Waals surface area contributed by atoms with E-state index >= 15 is 0 Å². The Kier molecular flexibility index (Phi) is 5.88. The lowest BCUT2D eigenvalue weighted by atomic mass is 10.2. The van der Waals surface area contributed by atoms with E-state index in [4.69, 9.17) is 4.74 Å². The van der Waals surface area contributed by atoms with Crippen LogP contribution in [0.2, 0.25) is 0 Å². The number of benzene rings is 2. The Morgan fingerprint density at radius 1 is 1.00 bits per heavy atom. The Bertz CT molecular complexity index is 956. The Morgan fingerprint density at radius 3 is 2.46 bits per heavy atom.